The number of hydrogen-bond acceptors (Lipinski definition) is 4. The molecule has 8 heteroatoms. The molecular formula is C24H22F3NO4. The van der Waals surface area contributed by atoms with Crippen LogP contribution in [-0.4, -0.2) is 29.5 Å². The Morgan fingerprint density at radius 1 is 1.06 bits per heavy atom. The molecular weight excluding hydrogens is 423 g/mol. The summed E-state index contributed by atoms with van der Waals surface area (Å²) in [6.07, 6.45) is -2.34. The van der Waals surface area contributed by atoms with Crippen LogP contribution in [0.2, 0.25) is 0 Å². The molecule has 5 saturated carbocycles. The number of carbonyl (C=O) groups excluding carboxylic acids is 1. The number of amides is 1. The van der Waals surface area contributed by atoms with E-state index >= 15 is 0 Å². The molecule has 0 aliphatic heterocycles. The summed E-state index contributed by atoms with van der Waals surface area (Å²) in [6, 6.07) is 8.51. The number of fused-ring (bicyclic) bond motifs is 2. The van der Waals surface area contributed by atoms with Crippen molar-refractivity contribution in [2.75, 3.05) is 6.54 Å². The van der Waals surface area contributed by atoms with Gasteiger partial charge in [-0.1, -0.05) is 12.1 Å². The Hall–Kier alpha value is -2.48. The Kier molecular flexibility index (Phi) is 3.51. The van der Waals surface area contributed by atoms with Gasteiger partial charge in [0.2, 0.25) is 0 Å². The number of ether oxygens (including phenoxy) is 1. The van der Waals surface area contributed by atoms with Crippen LogP contribution in [0, 0.1) is 47.3 Å². The second-order valence-electron chi connectivity index (χ2n) is 10.2. The van der Waals surface area contributed by atoms with Crippen LogP contribution in [0.5, 0.6) is 5.75 Å². The molecule has 1 aromatic heterocycles. The summed E-state index contributed by atoms with van der Waals surface area (Å²) in [4.78, 5) is 12.8. The highest BCUT2D eigenvalue weighted by Crippen LogP contribution is 2.85. The van der Waals surface area contributed by atoms with Gasteiger partial charge >= 0.3 is 6.36 Å². The number of benzene rings is 1. The minimum atomic E-state index is -4.83. The smallest absolute Gasteiger partial charge is 0.451 e. The van der Waals surface area contributed by atoms with Crippen molar-refractivity contribution in [1.82, 2.24) is 5.32 Å². The van der Waals surface area contributed by atoms with Crippen LogP contribution in [-0.2, 0) is 0 Å². The standard InChI is InChI=1S/C24H22F3NO4/c25-24(26,27)32-16-4-2-1-3-10(16)15-5-6-17(31-15)22(29)28-9-23(30)20-12-8-13-18-11(12)7-14(20)19(18)21(13)23/h1-6,11-14,18-21,30H,7-9H2,(H,28,29). The molecule has 5 aliphatic rings. The van der Waals surface area contributed by atoms with Gasteiger partial charge in [0.1, 0.15) is 11.5 Å². The molecule has 5 aliphatic carbocycles. The third-order valence-electron chi connectivity index (χ3n) is 9.26. The second kappa shape index (κ2) is 5.90. The first-order chi connectivity index (χ1) is 15.3. The molecule has 9 unspecified atom stereocenters. The van der Waals surface area contributed by atoms with E-state index < -0.39 is 23.6 Å². The van der Waals surface area contributed by atoms with E-state index in [0.29, 0.717) is 29.6 Å². The summed E-state index contributed by atoms with van der Waals surface area (Å²) in [6.45, 7) is 0.199. The zero-order valence-electron chi connectivity index (χ0n) is 17.0. The molecule has 1 heterocycles. The van der Waals surface area contributed by atoms with Crippen LogP contribution >= 0.6 is 0 Å². The number of hydrogen-bond donors (Lipinski definition) is 2. The maximum absolute atomic E-state index is 12.8. The van der Waals surface area contributed by atoms with Gasteiger partial charge < -0.3 is 19.6 Å². The van der Waals surface area contributed by atoms with Crippen molar-refractivity contribution in [3.05, 3.63) is 42.2 Å². The first-order valence-electron chi connectivity index (χ1n) is 11.2. The van der Waals surface area contributed by atoms with Gasteiger partial charge in [-0.15, -0.1) is 13.2 Å². The van der Waals surface area contributed by atoms with Crippen LogP contribution in [0.3, 0.4) is 0 Å². The van der Waals surface area contributed by atoms with E-state index in [0.717, 1.165) is 11.8 Å². The molecule has 5 fully saturated rings. The first-order valence-corrected chi connectivity index (χ1v) is 11.2. The average molecular weight is 445 g/mol. The second-order valence-corrected chi connectivity index (χ2v) is 10.2. The first kappa shape index (κ1) is 19.0. The minimum Gasteiger partial charge on any atom is -0.451 e. The van der Waals surface area contributed by atoms with Crippen LogP contribution in [0.4, 0.5) is 13.2 Å². The Labute approximate surface area is 181 Å². The van der Waals surface area contributed by atoms with Gasteiger partial charge in [-0.05, 0) is 84.5 Å². The monoisotopic (exact) mass is 445 g/mol. The van der Waals surface area contributed by atoms with Crippen molar-refractivity contribution in [3.63, 3.8) is 0 Å². The quantitative estimate of drug-likeness (QED) is 0.728. The van der Waals surface area contributed by atoms with Gasteiger partial charge in [-0.2, -0.15) is 0 Å². The summed E-state index contributed by atoms with van der Waals surface area (Å²) in [7, 11) is 0. The lowest BCUT2D eigenvalue weighted by molar-refractivity contribution is -0.274. The van der Waals surface area contributed by atoms with Crippen LogP contribution in [0.25, 0.3) is 11.3 Å². The van der Waals surface area contributed by atoms with E-state index in [4.69, 9.17) is 4.42 Å². The van der Waals surface area contributed by atoms with E-state index in [2.05, 4.69) is 10.1 Å². The molecule has 0 saturated heterocycles. The Morgan fingerprint density at radius 2 is 1.81 bits per heavy atom. The maximum Gasteiger partial charge on any atom is 0.573 e. The fourth-order valence-corrected chi connectivity index (χ4v) is 8.76. The van der Waals surface area contributed by atoms with Crippen molar-refractivity contribution in [3.8, 4) is 17.1 Å². The molecule has 1 amide bonds. The van der Waals surface area contributed by atoms with Gasteiger partial charge in [-0.25, -0.2) is 0 Å². The molecule has 2 aromatic rings. The molecule has 1 aromatic carbocycles. The number of carbonyl (C=O) groups is 1. The van der Waals surface area contributed by atoms with Crippen molar-refractivity contribution >= 4 is 5.91 Å². The van der Waals surface area contributed by atoms with E-state index in [1.54, 1.807) is 6.07 Å². The highest BCUT2D eigenvalue weighted by Gasteiger charge is 2.84. The van der Waals surface area contributed by atoms with Gasteiger partial charge in [0, 0.05) is 6.54 Å². The molecule has 9 atom stereocenters. The zero-order chi connectivity index (χ0) is 22.0. The predicted molar refractivity (Wildman–Crippen MR) is 105 cm³/mol. The molecule has 7 rings (SSSR count). The van der Waals surface area contributed by atoms with E-state index in [9.17, 15) is 23.1 Å². The lowest BCUT2D eigenvalue weighted by atomic mass is 9.56. The summed E-state index contributed by atoms with van der Waals surface area (Å²) in [5.41, 5.74) is -0.740. The Balaban J connectivity index is 1.09. The summed E-state index contributed by atoms with van der Waals surface area (Å²) >= 11 is 0. The predicted octanol–water partition coefficient (Wildman–Crippen LogP) is 4.08. The van der Waals surface area contributed by atoms with Crippen LogP contribution in [0.15, 0.2) is 40.8 Å². The van der Waals surface area contributed by atoms with Gasteiger partial charge in [0.15, 0.2) is 5.76 Å². The number of rotatable bonds is 5. The molecule has 2 bridgehead atoms. The maximum atomic E-state index is 12.8. The van der Waals surface area contributed by atoms with E-state index in [-0.39, 0.29) is 29.5 Å². The normalized spacial score (nSPS) is 41.9. The Bertz CT molecular complexity index is 1120. The highest BCUT2D eigenvalue weighted by atomic mass is 19.4. The topological polar surface area (TPSA) is 71.7 Å². The van der Waals surface area contributed by atoms with Gasteiger partial charge in [0.25, 0.3) is 5.91 Å². The lowest BCUT2D eigenvalue weighted by Gasteiger charge is -2.51. The SMILES string of the molecule is O=C(NCC1(O)C2C3CC4C5C3CC2C5C41)c1ccc(-c2ccccc2OC(F)(F)F)o1. The van der Waals surface area contributed by atoms with Crippen molar-refractivity contribution < 1.29 is 32.2 Å². The molecule has 0 spiro atoms. The highest BCUT2D eigenvalue weighted by molar-refractivity contribution is 5.92. The fraction of sp³-hybridized carbons (Fsp3) is 0.542. The van der Waals surface area contributed by atoms with Crippen molar-refractivity contribution in [2.45, 2.75) is 24.8 Å². The van der Waals surface area contributed by atoms with Gasteiger partial charge in [-0.3, -0.25) is 4.79 Å². The summed E-state index contributed by atoms with van der Waals surface area (Å²) in [5.74, 6) is 3.87. The number of aliphatic hydroxyl groups is 1. The van der Waals surface area contributed by atoms with E-state index in [1.807, 2.05) is 0 Å². The molecule has 5 nitrogen and oxygen atoms in total. The third-order valence-corrected chi connectivity index (χ3v) is 9.26. The number of halogens is 3. The molecule has 0 radical (unpaired) electrons. The van der Waals surface area contributed by atoms with Crippen LogP contribution in [0.1, 0.15) is 23.4 Å². The number of alkyl halides is 3. The molecule has 32 heavy (non-hydrogen) atoms. The minimum absolute atomic E-state index is 0.00711. The number of furan rings is 1. The largest absolute Gasteiger partial charge is 0.573 e. The van der Waals surface area contributed by atoms with Crippen molar-refractivity contribution in [1.29, 1.82) is 0 Å². The van der Waals surface area contributed by atoms with Gasteiger partial charge in [0.05, 0.1) is 11.2 Å². The van der Waals surface area contributed by atoms with Crippen molar-refractivity contribution in [2.24, 2.45) is 47.3 Å². The van der Waals surface area contributed by atoms with E-state index in [1.165, 1.54) is 43.2 Å². The lowest BCUT2D eigenvalue weighted by Crippen LogP contribution is -2.59. The third kappa shape index (κ3) is 2.26. The number of nitrogens with one attached hydrogen (secondary N) is 1. The fourth-order valence-electron chi connectivity index (χ4n) is 8.76. The zero-order valence-corrected chi connectivity index (χ0v) is 17.0. The molecule has 2 N–H and O–H groups in total. The summed E-state index contributed by atoms with van der Waals surface area (Å²) in [5, 5.41) is 14.5. The van der Waals surface area contributed by atoms with Crippen LogP contribution < -0.4 is 10.1 Å². The average Bonchev–Trinajstić information content (AvgIpc) is 3.42. The Morgan fingerprint density at radius 3 is 2.62 bits per heavy atom. The molecule has 168 valence electrons. The number of para-hydroxylation sites is 1. The summed E-state index contributed by atoms with van der Waals surface area (Å²) < 4.78 is 47.8.